The van der Waals surface area contributed by atoms with Gasteiger partial charge in [0.25, 0.3) is 0 Å². The van der Waals surface area contributed by atoms with Crippen LogP contribution in [0, 0.1) is 5.92 Å². The average Bonchev–Trinajstić information content (AvgIpc) is 2.41. The number of halogens is 5. The van der Waals surface area contributed by atoms with Crippen LogP contribution in [0.3, 0.4) is 0 Å². The molecule has 1 aromatic rings. The summed E-state index contributed by atoms with van der Waals surface area (Å²) in [5, 5.41) is 3.98. The van der Waals surface area contributed by atoms with Crippen LogP contribution in [0.2, 0.25) is 10.0 Å². The van der Waals surface area contributed by atoms with Crippen LogP contribution in [-0.2, 0) is 0 Å². The van der Waals surface area contributed by atoms with Crippen molar-refractivity contribution in [2.75, 3.05) is 0 Å². The minimum atomic E-state index is -4.14. The van der Waals surface area contributed by atoms with E-state index in [9.17, 15) is 13.2 Å². The molecule has 0 aliphatic heterocycles. The Morgan fingerprint density at radius 3 is 2.43 bits per heavy atom. The van der Waals surface area contributed by atoms with Gasteiger partial charge in [0.2, 0.25) is 0 Å². The quantitative estimate of drug-likeness (QED) is 0.737. The van der Waals surface area contributed by atoms with Crippen molar-refractivity contribution < 1.29 is 13.2 Å². The van der Waals surface area contributed by atoms with Gasteiger partial charge in [-0.25, -0.2) is 0 Å². The maximum atomic E-state index is 13.1. The van der Waals surface area contributed by atoms with Gasteiger partial charge in [0.05, 0.1) is 16.0 Å². The van der Waals surface area contributed by atoms with Gasteiger partial charge in [0.1, 0.15) is 0 Å². The molecule has 3 unspecified atom stereocenters. The summed E-state index contributed by atoms with van der Waals surface area (Å²) in [6.45, 7) is 1.85. The predicted octanol–water partition coefficient (Wildman–Crippen LogP) is 5.77. The summed E-state index contributed by atoms with van der Waals surface area (Å²) in [6, 6.07) is 4.42. The van der Waals surface area contributed by atoms with Gasteiger partial charge in [-0.2, -0.15) is 13.2 Å². The van der Waals surface area contributed by atoms with Gasteiger partial charge in [-0.3, -0.25) is 0 Å². The highest BCUT2D eigenvalue weighted by Crippen LogP contribution is 2.38. The van der Waals surface area contributed by atoms with Gasteiger partial charge in [-0.05, 0) is 37.5 Å². The molecule has 0 spiro atoms. The average molecular weight is 340 g/mol. The fraction of sp³-hybridized carbons (Fsp3) is 0.600. The summed E-state index contributed by atoms with van der Waals surface area (Å²) >= 11 is 11.8. The first kappa shape index (κ1) is 16.9. The van der Waals surface area contributed by atoms with E-state index in [1.54, 1.807) is 18.2 Å². The minimum Gasteiger partial charge on any atom is -0.307 e. The van der Waals surface area contributed by atoms with Crippen LogP contribution in [-0.4, -0.2) is 12.2 Å². The Kier molecular flexibility index (Phi) is 5.44. The van der Waals surface area contributed by atoms with Crippen molar-refractivity contribution in [2.45, 2.75) is 50.9 Å². The predicted molar refractivity (Wildman–Crippen MR) is 79.8 cm³/mol. The monoisotopic (exact) mass is 339 g/mol. The second kappa shape index (κ2) is 6.76. The maximum Gasteiger partial charge on any atom is 0.393 e. The lowest BCUT2D eigenvalue weighted by Crippen LogP contribution is -2.46. The minimum absolute atomic E-state index is 0.201. The molecule has 6 heteroatoms. The van der Waals surface area contributed by atoms with Crippen LogP contribution in [0.5, 0.6) is 0 Å². The summed E-state index contributed by atoms with van der Waals surface area (Å²) in [4.78, 5) is 0. The van der Waals surface area contributed by atoms with E-state index in [-0.39, 0.29) is 12.5 Å². The number of benzene rings is 1. The van der Waals surface area contributed by atoms with Crippen LogP contribution in [0.15, 0.2) is 18.2 Å². The highest BCUT2D eigenvalue weighted by Gasteiger charge is 2.45. The van der Waals surface area contributed by atoms with E-state index in [0.717, 1.165) is 12.0 Å². The summed E-state index contributed by atoms with van der Waals surface area (Å²) in [7, 11) is 0. The number of alkyl halides is 3. The van der Waals surface area contributed by atoms with E-state index in [0.29, 0.717) is 22.9 Å². The van der Waals surface area contributed by atoms with E-state index in [4.69, 9.17) is 23.2 Å². The van der Waals surface area contributed by atoms with Gasteiger partial charge in [-0.1, -0.05) is 42.1 Å². The Morgan fingerprint density at radius 2 is 1.81 bits per heavy atom. The Labute approximate surface area is 132 Å². The molecule has 2 rings (SSSR count). The number of rotatable bonds is 3. The van der Waals surface area contributed by atoms with Crippen molar-refractivity contribution in [2.24, 2.45) is 5.92 Å². The van der Waals surface area contributed by atoms with Crippen molar-refractivity contribution in [3.63, 3.8) is 0 Å². The highest BCUT2D eigenvalue weighted by atomic mass is 35.5. The van der Waals surface area contributed by atoms with Crippen molar-refractivity contribution in [3.8, 4) is 0 Å². The third-order valence-electron chi connectivity index (χ3n) is 4.09. The highest BCUT2D eigenvalue weighted by molar-refractivity contribution is 6.42. The first-order chi connectivity index (χ1) is 9.79. The van der Waals surface area contributed by atoms with Crippen LogP contribution in [0.25, 0.3) is 0 Å². The normalized spacial score (nSPS) is 24.9. The number of hydrogen-bond acceptors (Lipinski definition) is 1. The summed E-state index contributed by atoms with van der Waals surface area (Å²) in [5.41, 5.74) is 0.843. The molecular formula is C15H18Cl2F3N. The molecule has 0 heterocycles. The second-order valence-electron chi connectivity index (χ2n) is 5.60. The molecule has 1 aromatic carbocycles. The molecule has 1 fully saturated rings. The second-order valence-corrected chi connectivity index (χ2v) is 6.42. The van der Waals surface area contributed by atoms with Crippen molar-refractivity contribution in [1.29, 1.82) is 0 Å². The van der Waals surface area contributed by atoms with E-state index in [2.05, 4.69) is 5.32 Å². The summed E-state index contributed by atoms with van der Waals surface area (Å²) < 4.78 is 39.2. The molecule has 1 aliphatic carbocycles. The number of nitrogens with one attached hydrogen (secondary N) is 1. The molecular weight excluding hydrogens is 322 g/mol. The smallest absolute Gasteiger partial charge is 0.307 e. The van der Waals surface area contributed by atoms with Gasteiger partial charge in [-0.15, -0.1) is 0 Å². The Hall–Kier alpha value is -0.450. The molecule has 1 N–H and O–H groups in total. The molecule has 1 aliphatic rings. The number of hydrogen-bond donors (Lipinski definition) is 1. The van der Waals surface area contributed by atoms with Crippen molar-refractivity contribution in [3.05, 3.63) is 33.8 Å². The van der Waals surface area contributed by atoms with Crippen molar-refractivity contribution in [1.82, 2.24) is 5.32 Å². The van der Waals surface area contributed by atoms with Gasteiger partial charge >= 0.3 is 6.18 Å². The van der Waals surface area contributed by atoms with Gasteiger partial charge in [0, 0.05) is 12.1 Å². The maximum absolute atomic E-state index is 13.1. The van der Waals surface area contributed by atoms with Crippen LogP contribution < -0.4 is 5.32 Å². The fourth-order valence-corrected chi connectivity index (χ4v) is 3.23. The Balaban J connectivity index is 2.09. The zero-order valence-electron chi connectivity index (χ0n) is 11.7. The summed E-state index contributed by atoms with van der Waals surface area (Å²) in [5.74, 6) is -1.27. The molecule has 0 aromatic heterocycles. The molecule has 0 saturated heterocycles. The zero-order chi connectivity index (χ0) is 15.6. The first-order valence-corrected chi connectivity index (χ1v) is 7.82. The lowest BCUT2D eigenvalue weighted by Gasteiger charge is -2.35. The molecule has 21 heavy (non-hydrogen) atoms. The lowest BCUT2D eigenvalue weighted by molar-refractivity contribution is -0.189. The zero-order valence-corrected chi connectivity index (χ0v) is 13.2. The van der Waals surface area contributed by atoms with E-state index < -0.39 is 18.1 Å². The molecule has 0 bridgehead atoms. The molecule has 118 valence electrons. The van der Waals surface area contributed by atoms with Crippen LogP contribution in [0.1, 0.15) is 44.2 Å². The standard InChI is InChI=1S/C15H18Cl2F3N/c1-9(10-6-7-12(16)13(17)8-10)21-14-5-3-2-4-11(14)15(18,19)20/h6-9,11,14,21H,2-5H2,1H3. The van der Waals surface area contributed by atoms with Gasteiger partial charge in [0.15, 0.2) is 0 Å². The third kappa shape index (κ3) is 4.27. The largest absolute Gasteiger partial charge is 0.393 e. The lowest BCUT2D eigenvalue weighted by atomic mass is 9.83. The SMILES string of the molecule is CC(NC1CCCCC1C(F)(F)F)c1ccc(Cl)c(Cl)c1. The van der Waals surface area contributed by atoms with Crippen LogP contribution in [0.4, 0.5) is 13.2 Å². The van der Waals surface area contributed by atoms with E-state index in [1.165, 1.54) is 0 Å². The third-order valence-corrected chi connectivity index (χ3v) is 4.83. The first-order valence-electron chi connectivity index (χ1n) is 7.06. The Bertz CT molecular complexity index is 490. The molecule has 0 amide bonds. The van der Waals surface area contributed by atoms with E-state index >= 15 is 0 Å². The molecule has 3 atom stereocenters. The van der Waals surface area contributed by atoms with Crippen molar-refractivity contribution >= 4 is 23.2 Å². The van der Waals surface area contributed by atoms with E-state index in [1.807, 2.05) is 6.92 Å². The molecule has 1 nitrogen and oxygen atoms in total. The molecule has 1 saturated carbocycles. The molecule has 0 radical (unpaired) electrons. The Morgan fingerprint density at radius 1 is 1.14 bits per heavy atom. The van der Waals surface area contributed by atoms with Gasteiger partial charge < -0.3 is 5.32 Å². The topological polar surface area (TPSA) is 12.0 Å². The summed E-state index contributed by atoms with van der Waals surface area (Å²) in [6.07, 6.45) is -1.91. The van der Waals surface area contributed by atoms with Crippen LogP contribution >= 0.6 is 23.2 Å². The fourth-order valence-electron chi connectivity index (χ4n) is 2.92.